The molecule has 2 fully saturated rings. The average molecular weight is 819 g/mol. The molecule has 0 radical (unpaired) electrons. The first kappa shape index (κ1) is 46.0. The van der Waals surface area contributed by atoms with E-state index in [0.29, 0.717) is 18.4 Å². The lowest BCUT2D eigenvalue weighted by Gasteiger charge is -2.40. The van der Waals surface area contributed by atoms with Gasteiger partial charge in [0.25, 0.3) is 0 Å². The number of fused-ring (bicyclic) bond motifs is 1. The normalized spacial score (nSPS) is 19.1. The molecule has 0 bridgehead atoms. The van der Waals surface area contributed by atoms with Crippen molar-refractivity contribution in [2.75, 3.05) is 61.0 Å². The van der Waals surface area contributed by atoms with Crippen LogP contribution in [0.4, 0.5) is 0 Å². The van der Waals surface area contributed by atoms with Crippen LogP contribution in [0.25, 0.3) is 10.8 Å². The maximum Gasteiger partial charge on any atom is 0.233 e. The van der Waals surface area contributed by atoms with Crippen molar-refractivity contribution in [3.8, 4) is 5.75 Å². The molecule has 0 aliphatic heterocycles. The molecule has 4 N–H and O–H groups in total. The van der Waals surface area contributed by atoms with E-state index in [9.17, 15) is 9.90 Å². The van der Waals surface area contributed by atoms with E-state index in [2.05, 4.69) is 109 Å². The minimum absolute atomic E-state index is 0.170. The zero-order valence-corrected chi connectivity index (χ0v) is 37.4. The Balaban J connectivity index is 0.000000169. The number of thiophene rings is 1. The molecule has 4 atom stereocenters. The predicted octanol–water partition coefficient (Wildman–Crippen LogP) is 9.64. The molecule has 1 heterocycles. The number of nitrogens with two attached hydrogens (primary N) is 1. The summed E-state index contributed by atoms with van der Waals surface area (Å²) in [4.78, 5) is 18.3. The van der Waals surface area contributed by atoms with E-state index < -0.39 is 5.60 Å². The molecular weight excluding hydrogens is 749 g/mol. The number of amides is 1. The van der Waals surface area contributed by atoms with Crippen molar-refractivity contribution in [3.05, 3.63) is 136 Å². The Labute approximate surface area is 359 Å². The first-order valence-corrected chi connectivity index (χ1v) is 22.7. The van der Waals surface area contributed by atoms with Crippen molar-refractivity contribution < 1.29 is 14.6 Å². The monoisotopic (exact) mass is 819 g/mol. The van der Waals surface area contributed by atoms with Gasteiger partial charge in [-0.3, -0.25) is 4.79 Å². The summed E-state index contributed by atoms with van der Waals surface area (Å²) in [6, 6.07) is 38.1. The third-order valence-corrected chi connectivity index (χ3v) is 13.6. The zero-order chi connectivity index (χ0) is 42.3. The van der Waals surface area contributed by atoms with Gasteiger partial charge >= 0.3 is 0 Å². The number of rotatable bonds is 16. The summed E-state index contributed by atoms with van der Waals surface area (Å²) in [7, 11) is 7.86. The number of ether oxygens (including phenoxy) is 1. The summed E-state index contributed by atoms with van der Waals surface area (Å²) in [6.07, 6.45) is 8.54. The van der Waals surface area contributed by atoms with Crippen molar-refractivity contribution in [2.24, 2.45) is 11.7 Å². The maximum atomic E-state index is 12.7. The van der Waals surface area contributed by atoms with Crippen molar-refractivity contribution in [1.29, 1.82) is 0 Å². The fraction of sp³-hybridized carbons (Fsp3) is 0.471. The number of methoxy groups -OCH3 is 1. The third kappa shape index (κ3) is 11.8. The van der Waals surface area contributed by atoms with Crippen LogP contribution in [0.3, 0.4) is 0 Å². The van der Waals surface area contributed by atoms with Gasteiger partial charge in [-0.05, 0) is 143 Å². The van der Waals surface area contributed by atoms with E-state index in [-0.39, 0.29) is 17.2 Å². The molecule has 318 valence electrons. The Bertz CT molecular complexity index is 1950. The average Bonchev–Trinajstić information content (AvgIpc) is 3.78. The summed E-state index contributed by atoms with van der Waals surface area (Å²) >= 11 is 1.88. The van der Waals surface area contributed by atoms with E-state index in [4.69, 9.17) is 10.5 Å². The molecule has 1 aromatic heterocycles. The number of aliphatic hydroxyl groups is 1. The van der Waals surface area contributed by atoms with Crippen LogP contribution in [0.5, 0.6) is 5.75 Å². The zero-order valence-electron chi connectivity index (χ0n) is 36.5. The second kappa shape index (κ2) is 22.5. The van der Waals surface area contributed by atoms with Crippen LogP contribution >= 0.6 is 11.3 Å². The van der Waals surface area contributed by atoms with Crippen LogP contribution in [-0.4, -0.2) is 87.4 Å². The first-order valence-electron chi connectivity index (χ1n) is 21.8. The van der Waals surface area contributed by atoms with Gasteiger partial charge in [-0.1, -0.05) is 110 Å². The van der Waals surface area contributed by atoms with Crippen molar-refractivity contribution >= 4 is 28.0 Å². The molecular formula is C51H70N4O3S. The number of nitrogens with one attached hydrogen (secondary N) is 1. The van der Waals surface area contributed by atoms with Gasteiger partial charge < -0.3 is 30.7 Å². The molecule has 3 unspecified atom stereocenters. The van der Waals surface area contributed by atoms with E-state index in [1.807, 2.05) is 67.5 Å². The highest BCUT2D eigenvalue weighted by Crippen LogP contribution is 2.55. The second-order valence-electron chi connectivity index (χ2n) is 16.7. The summed E-state index contributed by atoms with van der Waals surface area (Å²) < 4.78 is 5.23. The Morgan fingerprint density at radius 1 is 0.898 bits per heavy atom. The second-order valence-corrected chi connectivity index (χ2v) is 17.6. The van der Waals surface area contributed by atoms with E-state index in [0.717, 1.165) is 76.0 Å². The van der Waals surface area contributed by atoms with Gasteiger partial charge in [0, 0.05) is 30.4 Å². The molecule has 2 saturated carbocycles. The third-order valence-electron chi connectivity index (χ3n) is 12.6. The Morgan fingerprint density at radius 3 is 2.17 bits per heavy atom. The van der Waals surface area contributed by atoms with Gasteiger partial charge in [-0.2, -0.15) is 0 Å². The first-order chi connectivity index (χ1) is 28.6. The highest BCUT2D eigenvalue weighted by molar-refractivity contribution is 7.10. The van der Waals surface area contributed by atoms with Gasteiger partial charge in [0.1, 0.15) is 5.75 Å². The summed E-state index contributed by atoms with van der Waals surface area (Å²) in [6.45, 7) is 8.11. The van der Waals surface area contributed by atoms with Gasteiger partial charge in [-0.25, -0.2) is 0 Å². The van der Waals surface area contributed by atoms with Gasteiger partial charge in [0.05, 0.1) is 18.1 Å². The van der Waals surface area contributed by atoms with Gasteiger partial charge in [-0.15, -0.1) is 11.3 Å². The SMILES string of the molecule is CCN(CC)C(=O)C1(c2ccccc2)CC1CN.CNCC[C@H](Cc1cccc2ccccc12)c1cccs1.COc1ccc(C(CN(C)C)C2(O)CCCCC2)cc1. The minimum Gasteiger partial charge on any atom is -0.497 e. The van der Waals surface area contributed by atoms with Gasteiger partial charge in [0.2, 0.25) is 5.91 Å². The summed E-state index contributed by atoms with van der Waals surface area (Å²) in [5.74, 6) is 2.18. The summed E-state index contributed by atoms with van der Waals surface area (Å²) in [5, 5.41) is 19.3. The van der Waals surface area contributed by atoms with E-state index in [1.165, 1.54) is 39.6 Å². The summed E-state index contributed by atoms with van der Waals surface area (Å²) in [5.41, 5.74) is 8.69. The quantitative estimate of drug-likeness (QED) is 0.0920. The fourth-order valence-electron chi connectivity index (χ4n) is 9.10. The molecule has 4 aromatic carbocycles. The number of hydrogen-bond acceptors (Lipinski definition) is 7. The van der Waals surface area contributed by atoms with Crippen LogP contribution in [-0.2, 0) is 16.6 Å². The van der Waals surface area contributed by atoms with Crippen LogP contribution in [0.2, 0.25) is 0 Å². The number of likely N-dealkylation sites (N-methyl/N-ethyl adjacent to an activating group) is 2. The molecule has 2 aliphatic carbocycles. The highest BCUT2D eigenvalue weighted by Gasteiger charge is 2.61. The molecule has 8 heteroatoms. The van der Waals surface area contributed by atoms with E-state index in [1.54, 1.807) is 7.11 Å². The fourth-order valence-corrected chi connectivity index (χ4v) is 9.97. The largest absolute Gasteiger partial charge is 0.497 e. The lowest BCUT2D eigenvalue weighted by Crippen LogP contribution is -2.42. The predicted molar refractivity (Wildman–Crippen MR) is 249 cm³/mol. The highest BCUT2D eigenvalue weighted by atomic mass is 32.1. The number of nitrogens with zero attached hydrogens (tertiary/aromatic N) is 2. The van der Waals surface area contributed by atoms with Crippen molar-refractivity contribution in [1.82, 2.24) is 15.1 Å². The smallest absolute Gasteiger partial charge is 0.233 e. The number of benzene rings is 4. The van der Waals surface area contributed by atoms with Gasteiger partial charge in [0.15, 0.2) is 0 Å². The van der Waals surface area contributed by atoms with Crippen LogP contribution in [0, 0.1) is 5.92 Å². The minimum atomic E-state index is -0.558. The molecule has 59 heavy (non-hydrogen) atoms. The van der Waals surface area contributed by atoms with Crippen LogP contribution in [0.15, 0.2) is 115 Å². The molecule has 1 amide bonds. The Hall–Kier alpha value is -4.05. The molecule has 2 aliphatic rings. The van der Waals surface area contributed by atoms with Crippen molar-refractivity contribution in [3.63, 3.8) is 0 Å². The molecule has 0 spiro atoms. The number of carbonyl (C=O) groups is 1. The Kier molecular flexibility index (Phi) is 17.6. The van der Waals surface area contributed by atoms with Crippen molar-refractivity contribution in [2.45, 2.75) is 88.1 Å². The Morgan fingerprint density at radius 2 is 1.58 bits per heavy atom. The molecule has 0 saturated heterocycles. The van der Waals surface area contributed by atoms with Crippen LogP contribution < -0.4 is 15.8 Å². The number of hydrogen-bond donors (Lipinski definition) is 3. The molecule has 7 rings (SSSR count). The number of carbonyl (C=O) groups excluding carboxylic acids is 1. The van der Waals surface area contributed by atoms with E-state index >= 15 is 0 Å². The standard InChI is InChI=1S/C19H21NS.C17H27NO2.C15H22N2O/c1-20-12-11-17(19-10-5-13-21-19)14-16-8-4-7-15-6-2-3-9-18(15)16;1-18(2)13-16(17(19)11-5-4-6-12-17)14-7-9-15(20-3)10-8-14;1-3-17(4-2)14(18)15(10-13(15)11-16)12-8-6-5-7-9-12/h2-10,13,17,20H,11-12,14H2,1H3;7-10,16,19H,4-6,11-13H2,1-3H3;5-9,13H,3-4,10-11,16H2,1-2H3/t17-;;/m1../s1. The lowest BCUT2D eigenvalue weighted by molar-refractivity contribution is -0.134. The molecule has 5 aromatic rings. The maximum absolute atomic E-state index is 12.7. The lowest BCUT2D eigenvalue weighted by atomic mass is 9.72. The molecule has 7 nitrogen and oxygen atoms in total. The van der Waals surface area contributed by atoms with Crippen LogP contribution in [0.1, 0.15) is 92.2 Å². The topological polar surface area (TPSA) is 91.1 Å².